The Bertz CT molecular complexity index is 326. The summed E-state index contributed by atoms with van der Waals surface area (Å²) in [7, 11) is 0. The largest absolute Gasteiger partial charge is 0.338 e. The van der Waals surface area contributed by atoms with E-state index in [4.69, 9.17) is 0 Å². The third-order valence-corrected chi connectivity index (χ3v) is 4.36. The molecule has 0 aromatic heterocycles. The van der Waals surface area contributed by atoms with Gasteiger partial charge in [0.25, 0.3) is 0 Å². The lowest BCUT2D eigenvalue weighted by Gasteiger charge is -2.35. The molecule has 0 radical (unpaired) electrons. The number of nitrogens with one attached hydrogen (secondary N) is 2. The van der Waals surface area contributed by atoms with Crippen molar-refractivity contribution >= 4 is 23.7 Å². The molecule has 0 aliphatic carbocycles. The van der Waals surface area contributed by atoms with Crippen molar-refractivity contribution in [3.63, 3.8) is 0 Å². The highest BCUT2D eigenvalue weighted by Gasteiger charge is 2.30. The molecule has 2 aliphatic heterocycles. The van der Waals surface area contributed by atoms with Gasteiger partial charge in [0.15, 0.2) is 0 Å². The fourth-order valence-corrected chi connectivity index (χ4v) is 3.18. The molecular weight excluding hydrogens is 264 g/mol. The molecule has 0 aromatic carbocycles. The summed E-state index contributed by atoms with van der Waals surface area (Å²) >= 11 is 1.76. The van der Waals surface area contributed by atoms with Crippen LogP contribution in [0, 0.1) is 0 Å². The summed E-state index contributed by atoms with van der Waals surface area (Å²) in [4.78, 5) is 27.6. The zero-order valence-corrected chi connectivity index (χ0v) is 12.2. The van der Waals surface area contributed by atoms with E-state index in [9.17, 15) is 9.59 Å². The lowest BCUT2D eigenvalue weighted by molar-refractivity contribution is -0.134. The second-order valence-corrected chi connectivity index (χ2v) is 5.85. The third-order valence-electron chi connectivity index (χ3n) is 3.42. The molecule has 0 aromatic rings. The van der Waals surface area contributed by atoms with Crippen molar-refractivity contribution in [2.75, 3.05) is 44.4 Å². The molecule has 1 unspecified atom stereocenters. The van der Waals surface area contributed by atoms with Crippen LogP contribution in [-0.4, -0.2) is 72.1 Å². The molecule has 2 N–H and O–H groups in total. The van der Waals surface area contributed by atoms with Gasteiger partial charge in [-0.1, -0.05) is 6.92 Å². The molecule has 0 saturated carbocycles. The molecule has 2 rings (SSSR count). The molecule has 2 aliphatic rings. The van der Waals surface area contributed by atoms with Crippen molar-refractivity contribution in [3.8, 4) is 0 Å². The monoisotopic (exact) mass is 286 g/mol. The fourth-order valence-electron chi connectivity index (χ4n) is 2.25. The van der Waals surface area contributed by atoms with Crippen LogP contribution in [0.5, 0.6) is 0 Å². The number of thioether (sulfide) groups is 1. The Morgan fingerprint density at radius 3 is 2.53 bits per heavy atom. The zero-order valence-electron chi connectivity index (χ0n) is 11.4. The first-order valence-corrected chi connectivity index (χ1v) is 8.00. The van der Waals surface area contributed by atoms with E-state index in [1.54, 1.807) is 16.7 Å². The van der Waals surface area contributed by atoms with Gasteiger partial charge in [-0.2, -0.15) is 0 Å². The van der Waals surface area contributed by atoms with Crippen LogP contribution in [0.15, 0.2) is 0 Å². The average molecular weight is 286 g/mol. The minimum absolute atomic E-state index is 0.0107. The number of nitrogens with zero attached hydrogens (tertiary/aromatic N) is 2. The summed E-state index contributed by atoms with van der Waals surface area (Å²) < 4.78 is 0. The van der Waals surface area contributed by atoms with E-state index in [-0.39, 0.29) is 18.0 Å². The van der Waals surface area contributed by atoms with Crippen molar-refractivity contribution in [2.45, 2.75) is 19.4 Å². The van der Waals surface area contributed by atoms with Crippen LogP contribution in [0.2, 0.25) is 0 Å². The van der Waals surface area contributed by atoms with Gasteiger partial charge in [0, 0.05) is 44.4 Å². The van der Waals surface area contributed by atoms with Crippen LogP contribution in [0.3, 0.4) is 0 Å². The van der Waals surface area contributed by atoms with E-state index >= 15 is 0 Å². The van der Waals surface area contributed by atoms with Gasteiger partial charge in [-0.3, -0.25) is 10.1 Å². The van der Waals surface area contributed by atoms with E-state index in [1.165, 1.54) is 0 Å². The Morgan fingerprint density at radius 2 is 1.95 bits per heavy atom. The number of hydrogen-bond donors (Lipinski definition) is 2. The van der Waals surface area contributed by atoms with Crippen LogP contribution in [0.25, 0.3) is 0 Å². The van der Waals surface area contributed by atoms with Gasteiger partial charge in [0.2, 0.25) is 5.91 Å². The quantitative estimate of drug-likeness (QED) is 0.761. The van der Waals surface area contributed by atoms with Gasteiger partial charge in [-0.15, -0.1) is 11.8 Å². The maximum Gasteiger partial charge on any atom is 0.317 e. The van der Waals surface area contributed by atoms with E-state index in [0.717, 1.165) is 18.1 Å². The number of hydrogen-bond acceptors (Lipinski definition) is 4. The zero-order chi connectivity index (χ0) is 13.7. The van der Waals surface area contributed by atoms with Crippen molar-refractivity contribution in [2.24, 2.45) is 0 Å². The maximum atomic E-state index is 12.2. The van der Waals surface area contributed by atoms with E-state index in [2.05, 4.69) is 10.6 Å². The van der Waals surface area contributed by atoms with Gasteiger partial charge < -0.3 is 15.1 Å². The molecule has 1 atom stereocenters. The Balaban J connectivity index is 1.75. The predicted molar refractivity (Wildman–Crippen MR) is 76.1 cm³/mol. The molecule has 0 spiro atoms. The molecule has 2 heterocycles. The van der Waals surface area contributed by atoms with Gasteiger partial charge >= 0.3 is 6.03 Å². The van der Waals surface area contributed by atoms with Crippen LogP contribution >= 0.6 is 11.8 Å². The first-order chi connectivity index (χ1) is 9.22. The van der Waals surface area contributed by atoms with Crippen molar-refractivity contribution in [3.05, 3.63) is 0 Å². The summed E-state index contributed by atoms with van der Waals surface area (Å²) in [5.74, 6) is 1.89. The Morgan fingerprint density at radius 1 is 1.26 bits per heavy atom. The molecule has 0 bridgehead atoms. The number of rotatable bonds is 3. The van der Waals surface area contributed by atoms with Crippen molar-refractivity contribution < 1.29 is 9.59 Å². The molecule has 6 nitrogen and oxygen atoms in total. The van der Waals surface area contributed by atoms with Gasteiger partial charge in [-0.25, -0.2) is 4.79 Å². The molecule has 7 heteroatoms. The number of piperazine rings is 1. The van der Waals surface area contributed by atoms with E-state index in [1.807, 2.05) is 11.8 Å². The molecule has 19 heavy (non-hydrogen) atoms. The Hall–Kier alpha value is -0.950. The average Bonchev–Trinajstić information content (AvgIpc) is 2.98. The normalized spacial score (nSPS) is 23.5. The second kappa shape index (κ2) is 7.00. The number of carbonyl (C=O) groups excluding carboxylic acids is 2. The van der Waals surface area contributed by atoms with Crippen molar-refractivity contribution in [1.82, 2.24) is 20.4 Å². The standard InChI is InChI=1S/C12H22N4O2S/c1-2-3-13-12(18)16-6-4-15(5-7-16)11(17)10-8-19-9-14-10/h10,14H,2-9H2,1H3,(H,13,18). The molecule has 3 amide bonds. The summed E-state index contributed by atoms with van der Waals surface area (Å²) in [5, 5.41) is 6.06. The van der Waals surface area contributed by atoms with Crippen LogP contribution in [0.4, 0.5) is 4.79 Å². The number of urea groups is 1. The summed E-state index contributed by atoms with van der Waals surface area (Å²) in [6.07, 6.45) is 0.940. The minimum atomic E-state index is -0.0366. The SMILES string of the molecule is CCCNC(=O)N1CCN(C(=O)C2CSCN2)CC1. The fraction of sp³-hybridized carbons (Fsp3) is 0.833. The Kier molecular flexibility index (Phi) is 5.33. The summed E-state index contributed by atoms with van der Waals surface area (Å²) in [6.45, 7) is 5.27. The molecule has 2 saturated heterocycles. The first kappa shape index (κ1) is 14.5. The number of carbonyl (C=O) groups is 2. The predicted octanol–water partition coefficient (Wildman–Crippen LogP) is -0.0873. The van der Waals surface area contributed by atoms with Crippen LogP contribution in [-0.2, 0) is 4.79 Å². The van der Waals surface area contributed by atoms with Gasteiger partial charge in [0.05, 0.1) is 6.04 Å². The maximum absolute atomic E-state index is 12.2. The lowest BCUT2D eigenvalue weighted by Crippen LogP contribution is -2.56. The third kappa shape index (κ3) is 3.76. The van der Waals surface area contributed by atoms with Crippen LogP contribution in [0.1, 0.15) is 13.3 Å². The smallest absolute Gasteiger partial charge is 0.317 e. The highest BCUT2D eigenvalue weighted by molar-refractivity contribution is 7.99. The van der Waals surface area contributed by atoms with E-state index in [0.29, 0.717) is 32.7 Å². The van der Waals surface area contributed by atoms with Gasteiger partial charge in [0.1, 0.15) is 0 Å². The lowest BCUT2D eigenvalue weighted by atomic mass is 10.2. The molecule has 2 fully saturated rings. The number of amides is 3. The first-order valence-electron chi connectivity index (χ1n) is 6.85. The summed E-state index contributed by atoms with van der Waals surface area (Å²) in [5.41, 5.74) is 0. The minimum Gasteiger partial charge on any atom is -0.338 e. The second-order valence-electron chi connectivity index (χ2n) is 4.82. The highest BCUT2D eigenvalue weighted by Crippen LogP contribution is 2.13. The van der Waals surface area contributed by atoms with Gasteiger partial charge in [-0.05, 0) is 6.42 Å². The molecular formula is C12H22N4O2S. The Labute approximate surface area is 118 Å². The molecule has 108 valence electrons. The van der Waals surface area contributed by atoms with Crippen molar-refractivity contribution in [1.29, 1.82) is 0 Å². The topological polar surface area (TPSA) is 64.7 Å². The highest BCUT2D eigenvalue weighted by atomic mass is 32.2. The van der Waals surface area contributed by atoms with Crippen LogP contribution < -0.4 is 10.6 Å². The van der Waals surface area contributed by atoms with E-state index < -0.39 is 0 Å². The summed E-state index contributed by atoms with van der Waals surface area (Å²) in [6, 6.07) is -0.0473.